The molecule has 0 bridgehead atoms. The third-order valence-corrected chi connectivity index (χ3v) is 3.71. The molecule has 0 heterocycles. The van der Waals surface area contributed by atoms with Crippen molar-refractivity contribution in [3.05, 3.63) is 34.6 Å². The molecule has 1 nitrogen and oxygen atoms in total. The Hall–Kier alpha value is -0.890. The average Bonchev–Trinajstić information content (AvgIpc) is 2.31. The van der Waals surface area contributed by atoms with Crippen molar-refractivity contribution < 1.29 is 4.39 Å². The van der Waals surface area contributed by atoms with Gasteiger partial charge in [0.15, 0.2) is 0 Å². The van der Waals surface area contributed by atoms with Gasteiger partial charge in [-0.1, -0.05) is 19.1 Å². The summed E-state index contributed by atoms with van der Waals surface area (Å²) < 4.78 is 13.6. The molecule has 0 radical (unpaired) electrons. The largest absolute Gasteiger partial charge is 0.312 e. The highest BCUT2D eigenvalue weighted by molar-refractivity contribution is 5.30. The summed E-state index contributed by atoms with van der Waals surface area (Å²) in [7, 11) is 0. The van der Waals surface area contributed by atoms with Gasteiger partial charge < -0.3 is 5.32 Å². The van der Waals surface area contributed by atoms with Crippen molar-refractivity contribution in [2.45, 2.75) is 66.3 Å². The predicted molar refractivity (Wildman–Crippen MR) is 85.7 cm³/mol. The number of rotatable bonds is 6. The lowest BCUT2D eigenvalue weighted by Crippen LogP contribution is -2.36. The Balaban J connectivity index is 2.39. The molecule has 1 atom stereocenters. The SMILES string of the molecule is Cc1cc(CCC(C)CCNC(C)(C)C)cc(C)c1F. The normalized spacial score (nSPS) is 13.6. The maximum atomic E-state index is 13.6. The molecular formula is C18H30FN. The zero-order valence-electron chi connectivity index (χ0n) is 13.9. The van der Waals surface area contributed by atoms with E-state index in [1.807, 2.05) is 26.0 Å². The van der Waals surface area contributed by atoms with Crippen molar-refractivity contribution in [3.8, 4) is 0 Å². The second kappa shape index (κ2) is 7.21. The Labute approximate surface area is 124 Å². The fraction of sp³-hybridized carbons (Fsp3) is 0.667. The summed E-state index contributed by atoms with van der Waals surface area (Å²) >= 11 is 0. The smallest absolute Gasteiger partial charge is 0.129 e. The van der Waals surface area contributed by atoms with Crippen LogP contribution >= 0.6 is 0 Å². The fourth-order valence-corrected chi connectivity index (χ4v) is 2.43. The van der Waals surface area contributed by atoms with Crippen LogP contribution in [-0.4, -0.2) is 12.1 Å². The van der Waals surface area contributed by atoms with E-state index in [2.05, 4.69) is 33.0 Å². The van der Waals surface area contributed by atoms with Crippen molar-refractivity contribution >= 4 is 0 Å². The lowest BCUT2D eigenvalue weighted by molar-refractivity contribution is 0.386. The number of halogens is 1. The van der Waals surface area contributed by atoms with Crippen LogP contribution in [0.2, 0.25) is 0 Å². The molecule has 1 aromatic rings. The molecule has 2 heteroatoms. The van der Waals surface area contributed by atoms with E-state index in [0.29, 0.717) is 5.92 Å². The van der Waals surface area contributed by atoms with Crippen molar-refractivity contribution in [3.63, 3.8) is 0 Å². The fourth-order valence-electron chi connectivity index (χ4n) is 2.43. The molecule has 0 aromatic heterocycles. The van der Waals surface area contributed by atoms with Crippen LogP contribution in [0.3, 0.4) is 0 Å². The first-order valence-electron chi connectivity index (χ1n) is 7.69. The zero-order valence-corrected chi connectivity index (χ0v) is 13.9. The van der Waals surface area contributed by atoms with Crippen LogP contribution in [0.25, 0.3) is 0 Å². The molecule has 1 rings (SSSR count). The minimum absolute atomic E-state index is 0.0591. The summed E-state index contributed by atoms with van der Waals surface area (Å²) in [5, 5.41) is 3.53. The molecule has 0 fully saturated rings. The topological polar surface area (TPSA) is 12.0 Å². The molecule has 0 aliphatic heterocycles. The molecule has 20 heavy (non-hydrogen) atoms. The van der Waals surface area contributed by atoms with Gasteiger partial charge in [0.2, 0.25) is 0 Å². The number of benzene rings is 1. The first-order chi connectivity index (χ1) is 9.19. The summed E-state index contributed by atoms with van der Waals surface area (Å²) in [6.45, 7) is 13.6. The van der Waals surface area contributed by atoms with Gasteiger partial charge in [-0.15, -0.1) is 0 Å². The number of aryl methyl sites for hydroxylation is 3. The Morgan fingerprint density at radius 3 is 2.15 bits per heavy atom. The Morgan fingerprint density at radius 2 is 1.65 bits per heavy atom. The summed E-state index contributed by atoms with van der Waals surface area (Å²) in [6.07, 6.45) is 3.39. The van der Waals surface area contributed by atoms with E-state index in [9.17, 15) is 4.39 Å². The van der Waals surface area contributed by atoms with E-state index in [-0.39, 0.29) is 11.4 Å². The van der Waals surface area contributed by atoms with Crippen LogP contribution in [0.15, 0.2) is 12.1 Å². The van der Waals surface area contributed by atoms with Gasteiger partial charge in [0.1, 0.15) is 5.82 Å². The molecule has 114 valence electrons. The minimum atomic E-state index is -0.0591. The zero-order chi connectivity index (χ0) is 15.3. The van der Waals surface area contributed by atoms with Crippen LogP contribution < -0.4 is 5.32 Å². The standard InChI is InChI=1S/C18H30FN/c1-13(9-10-20-18(4,5)6)7-8-16-11-14(2)17(19)15(3)12-16/h11-13,20H,7-10H2,1-6H3. The molecule has 1 unspecified atom stereocenters. The molecule has 0 saturated heterocycles. The van der Waals surface area contributed by atoms with Crippen LogP contribution in [-0.2, 0) is 6.42 Å². The van der Waals surface area contributed by atoms with E-state index in [1.54, 1.807) is 0 Å². The van der Waals surface area contributed by atoms with Crippen molar-refractivity contribution in [2.24, 2.45) is 5.92 Å². The number of hydrogen-bond acceptors (Lipinski definition) is 1. The molecule has 0 saturated carbocycles. The highest BCUT2D eigenvalue weighted by Gasteiger charge is 2.10. The summed E-state index contributed by atoms with van der Waals surface area (Å²) in [6, 6.07) is 3.98. The van der Waals surface area contributed by atoms with Crippen molar-refractivity contribution in [1.82, 2.24) is 5.32 Å². The van der Waals surface area contributed by atoms with Gasteiger partial charge in [-0.25, -0.2) is 4.39 Å². The first-order valence-corrected chi connectivity index (χ1v) is 7.69. The predicted octanol–water partition coefficient (Wildman–Crippen LogP) is 4.79. The summed E-state index contributed by atoms with van der Waals surface area (Å²) in [5.41, 5.74) is 2.99. The van der Waals surface area contributed by atoms with Gasteiger partial charge in [-0.2, -0.15) is 0 Å². The highest BCUT2D eigenvalue weighted by atomic mass is 19.1. The van der Waals surface area contributed by atoms with E-state index in [4.69, 9.17) is 0 Å². The molecule has 0 aliphatic carbocycles. The lowest BCUT2D eigenvalue weighted by atomic mass is 9.96. The second-order valence-electron chi connectivity index (χ2n) is 7.15. The van der Waals surface area contributed by atoms with E-state index in [1.165, 1.54) is 12.0 Å². The van der Waals surface area contributed by atoms with Crippen molar-refractivity contribution in [2.75, 3.05) is 6.54 Å². The van der Waals surface area contributed by atoms with Gasteiger partial charge in [-0.05, 0) is 83.0 Å². The lowest BCUT2D eigenvalue weighted by Gasteiger charge is -2.22. The van der Waals surface area contributed by atoms with E-state index < -0.39 is 0 Å². The molecule has 1 aromatic carbocycles. The highest BCUT2D eigenvalue weighted by Crippen LogP contribution is 2.18. The summed E-state index contributed by atoms with van der Waals surface area (Å²) in [5.74, 6) is 0.631. The van der Waals surface area contributed by atoms with Gasteiger partial charge in [0.05, 0.1) is 0 Å². The Bertz CT molecular complexity index is 409. The first kappa shape index (κ1) is 17.2. The van der Waals surface area contributed by atoms with Crippen LogP contribution in [0.4, 0.5) is 4.39 Å². The monoisotopic (exact) mass is 279 g/mol. The maximum absolute atomic E-state index is 13.6. The third kappa shape index (κ3) is 6.04. The Kier molecular flexibility index (Phi) is 6.19. The van der Waals surface area contributed by atoms with Crippen LogP contribution in [0.5, 0.6) is 0 Å². The average molecular weight is 279 g/mol. The van der Waals surface area contributed by atoms with Gasteiger partial charge >= 0.3 is 0 Å². The second-order valence-corrected chi connectivity index (χ2v) is 7.15. The quantitative estimate of drug-likeness (QED) is 0.789. The van der Waals surface area contributed by atoms with Gasteiger partial charge in [0.25, 0.3) is 0 Å². The van der Waals surface area contributed by atoms with Gasteiger partial charge in [-0.3, -0.25) is 0 Å². The summed E-state index contributed by atoms with van der Waals surface area (Å²) in [4.78, 5) is 0. The molecule has 0 aliphatic rings. The van der Waals surface area contributed by atoms with E-state index in [0.717, 1.165) is 30.5 Å². The van der Waals surface area contributed by atoms with Crippen molar-refractivity contribution in [1.29, 1.82) is 0 Å². The third-order valence-electron chi connectivity index (χ3n) is 3.71. The number of hydrogen-bond donors (Lipinski definition) is 1. The van der Waals surface area contributed by atoms with Gasteiger partial charge in [0, 0.05) is 5.54 Å². The molecule has 1 N–H and O–H groups in total. The number of nitrogens with one attached hydrogen (secondary N) is 1. The molecule has 0 spiro atoms. The van der Waals surface area contributed by atoms with E-state index >= 15 is 0 Å². The maximum Gasteiger partial charge on any atom is 0.129 e. The molecule has 0 amide bonds. The van der Waals surface area contributed by atoms with Crippen LogP contribution in [0, 0.1) is 25.6 Å². The molecular weight excluding hydrogens is 249 g/mol. The minimum Gasteiger partial charge on any atom is -0.312 e. The Morgan fingerprint density at radius 1 is 1.10 bits per heavy atom. The van der Waals surface area contributed by atoms with Crippen LogP contribution in [0.1, 0.15) is 57.2 Å².